The van der Waals surface area contributed by atoms with Crippen LogP contribution >= 0.6 is 17.1 Å². The van der Waals surface area contributed by atoms with E-state index in [2.05, 4.69) is 48.5 Å². The van der Waals surface area contributed by atoms with Crippen LogP contribution in [0.2, 0.25) is 0 Å². The van der Waals surface area contributed by atoms with E-state index in [1.54, 1.807) is 11.4 Å². The Morgan fingerprint density at radius 2 is 1.44 bits per heavy atom. The maximum atomic E-state index is 6.06. The van der Waals surface area contributed by atoms with E-state index in [1.807, 2.05) is 0 Å². The Hall–Kier alpha value is 0.920. The Bertz CT molecular complexity index is 266. The minimum absolute atomic E-state index is 0.108. The molecule has 2 nitrogen and oxygen atoms in total. The molecule has 0 radical (unpaired) electrons. The molecule has 0 amide bonds. The van der Waals surface area contributed by atoms with Crippen molar-refractivity contribution >= 4 is 28.9 Å². The Labute approximate surface area is 123 Å². The minimum Gasteiger partial charge on any atom is -0.319 e. The second-order valence-electron chi connectivity index (χ2n) is 5.30. The predicted molar refractivity (Wildman–Crippen MR) is 87.9 cm³/mol. The summed E-state index contributed by atoms with van der Waals surface area (Å²) in [5, 5.41) is 0. The highest BCUT2D eigenvalue weighted by Gasteiger charge is 2.32. The summed E-state index contributed by atoms with van der Waals surface area (Å²) in [4.78, 5) is 0. The predicted octanol–water partition coefficient (Wildman–Crippen LogP) is 5.76. The highest BCUT2D eigenvalue weighted by molar-refractivity contribution is 8.68. The SMILES string of the molecule is CCC(C)OP(=S)(OC(C)CC)SC(C)(C)CC. The summed E-state index contributed by atoms with van der Waals surface area (Å²) >= 11 is 7.45. The topological polar surface area (TPSA) is 18.5 Å². The van der Waals surface area contributed by atoms with Crippen molar-refractivity contribution in [2.75, 3.05) is 0 Å². The molecule has 0 saturated carbocycles. The van der Waals surface area contributed by atoms with E-state index in [0.717, 1.165) is 19.3 Å². The van der Waals surface area contributed by atoms with Gasteiger partial charge in [-0.05, 0) is 44.9 Å². The molecule has 0 bridgehead atoms. The van der Waals surface area contributed by atoms with E-state index in [0.29, 0.717) is 0 Å². The Balaban J connectivity index is 4.85. The molecule has 0 fully saturated rings. The van der Waals surface area contributed by atoms with Gasteiger partial charge in [0.1, 0.15) is 0 Å². The summed E-state index contributed by atoms with van der Waals surface area (Å²) < 4.78 is 12.2. The molecule has 18 heavy (non-hydrogen) atoms. The molecule has 0 rings (SSSR count). The molecular weight excluding hydrogens is 283 g/mol. The molecule has 0 aliphatic heterocycles. The molecule has 5 heteroatoms. The normalized spacial score (nSPS) is 19.3. The zero-order valence-electron chi connectivity index (χ0n) is 12.9. The minimum atomic E-state index is -2.25. The van der Waals surface area contributed by atoms with Crippen LogP contribution in [0.3, 0.4) is 0 Å². The lowest BCUT2D eigenvalue weighted by molar-refractivity contribution is 0.163. The van der Waals surface area contributed by atoms with Gasteiger partial charge in [0.25, 0.3) is 0 Å². The summed E-state index contributed by atoms with van der Waals surface area (Å²) in [6.45, 7) is 15.0. The summed E-state index contributed by atoms with van der Waals surface area (Å²) in [5.74, 6) is 0. The molecule has 0 aromatic rings. The molecule has 0 aliphatic rings. The van der Waals surface area contributed by atoms with Crippen molar-refractivity contribution in [2.24, 2.45) is 0 Å². The smallest absolute Gasteiger partial charge is 0.248 e. The van der Waals surface area contributed by atoms with E-state index in [1.165, 1.54) is 0 Å². The average Bonchev–Trinajstić information content (AvgIpc) is 2.27. The number of rotatable bonds is 9. The molecular formula is C13H29O2PS2. The third kappa shape index (κ3) is 7.49. The maximum Gasteiger partial charge on any atom is 0.248 e. The van der Waals surface area contributed by atoms with Crippen molar-refractivity contribution in [2.45, 2.75) is 84.7 Å². The molecule has 2 atom stereocenters. The van der Waals surface area contributed by atoms with Crippen LogP contribution in [0.4, 0.5) is 0 Å². The summed E-state index contributed by atoms with van der Waals surface area (Å²) in [7, 11) is 0. The summed E-state index contributed by atoms with van der Waals surface area (Å²) in [6.07, 6.45) is 3.33. The third-order valence-electron chi connectivity index (χ3n) is 2.98. The van der Waals surface area contributed by atoms with Gasteiger partial charge in [-0.15, -0.1) is 0 Å². The monoisotopic (exact) mass is 312 g/mol. The number of hydrogen-bond acceptors (Lipinski definition) is 4. The Morgan fingerprint density at radius 1 is 1.06 bits per heavy atom. The van der Waals surface area contributed by atoms with Gasteiger partial charge in [-0.3, -0.25) is 0 Å². The summed E-state index contributed by atoms with van der Waals surface area (Å²) in [5.41, 5.74) is -2.25. The van der Waals surface area contributed by atoms with E-state index in [-0.39, 0.29) is 17.0 Å². The number of hydrogen-bond donors (Lipinski definition) is 0. The largest absolute Gasteiger partial charge is 0.319 e. The van der Waals surface area contributed by atoms with E-state index in [4.69, 9.17) is 20.9 Å². The van der Waals surface area contributed by atoms with Crippen LogP contribution in [0.5, 0.6) is 0 Å². The van der Waals surface area contributed by atoms with Gasteiger partial charge in [-0.1, -0.05) is 46.0 Å². The van der Waals surface area contributed by atoms with Crippen LogP contribution < -0.4 is 0 Å². The van der Waals surface area contributed by atoms with Gasteiger partial charge in [0.2, 0.25) is 5.69 Å². The quantitative estimate of drug-likeness (QED) is 0.503. The molecule has 0 spiro atoms. The lowest BCUT2D eigenvalue weighted by atomic mass is 10.1. The molecule has 0 heterocycles. The van der Waals surface area contributed by atoms with Gasteiger partial charge in [0.05, 0.1) is 12.2 Å². The van der Waals surface area contributed by atoms with E-state index in [9.17, 15) is 0 Å². The van der Waals surface area contributed by atoms with Crippen molar-refractivity contribution in [1.29, 1.82) is 0 Å². The Kier molecular flexibility index (Phi) is 8.68. The van der Waals surface area contributed by atoms with Gasteiger partial charge in [-0.2, -0.15) is 0 Å². The molecule has 110 valence electrons. The van der Waals surface area contributed by atoms with E-state index < -0.39 is 5.69 Å². The van der Waals surface area contributed by atoms with Crippen LogP contribution in [0, 0.1) is 0 Å². The molecule has 0 aliphatic carbocycles. The van der Waals surface area contributed by atoms with Gasteiger partial charge >= 0.3 is 0 Å². The fraction of sp³-hybridized carbons (Fsp3) is 1.00. The third-order valence-corrected chi connectivity index (χ3v) is 9.08. The zero-order chi connectivity index (χ0) is 14.4. The first kappa shape index (κ1) is 18.9. The van der Waals surface area contributed by atoms with Gasteiger partial charge in [-0.25, -0.2) is 0 Å². The van der Waals surface area contributed by atoms with Crippen LogP contribution in [-0.4, -0.2) is 17.0 Å². The van der Waals surface area contributed by atoms with Crippen molar-refractivity contribution in [3.8, 4) is 0 Å². The molecule has 2 unspecified atom stereocenters. The van der Waals surface area contributed by atoms with Gasteiger partial charge in [0.15, 0.2) is 0 Å². The highest BCUT2D eigenvalue weighted by atomic mass is 32.9. The zero-order valence-corrected chi connectivity index (χ0v) is 15.4. The maximum absolute atomic E-state index is 6.06. The highest BCUT2D eigenvalue weighted by Crippen LogP contribution is 2.67. The fourth-order valence-corrected chi connectivity index (χ4v) is 9.12. The van der Waals surface area contributed by atoms with Crippen LogP contribution in [0.25, 0.3) is 0 Å². The van der Waals surface area contributed by atoms with Gasteiger partial charge < -0.3 is 9.05 Å². The van der Waals surface area contributed by atoms with Crippen LogP contribution in [0.1, 0.15) is 67.7 Å². The average molecular weight is 312 g/mol. The van der Waals surface area contributed by atoms with Crippen molar-refractivity contribution in [3.63, 3.8) is 0 Å². The molecule has 0 saturated heterocycles. The molecule has 0 aromatic heterocycles. The van der Waals surface area contributed by atoms with Crippen molar-refractivity contribution in [1.82, 2.24) is 0 Å². The van der Waals surface area contributed by atoms with E-state index >= 15 is 0 Å². The first-order valence-electron chi connectivity index (χ1n) is 6.85. The first-order valence-corrected chi connectivity index (χ1v) is 10.9. The molecule has 0 aromatic carbocycles. The summed E-state index contributed by atoms with van der Waals surface area (Å²) in [6, 6.07) is 0. The molecule has 0 N–H and O–H groups in total. The van der Waals surface area contributed by atoms with Gasteiger partial charge in [0, 0.05) is 4.75 Å². The fourth-order valence-electron chi connectivity index (χ4n) is 1.02. The van der Waals surface area contributed by atoms with Crippen molar-refractivity contribution < 1.29 is 9.05 Å². The Morgan fingerprint density at radius 3 is 1.72 bits per heavy atom. The lowest BCUT2D eigenvalue weighted by Crippen LogP contribution is -2.16. The van der Waals surface area contributed by atoms with Crippen molar-refractivity contribution in [3.05, 3.63) is 0 Å². The second-order valence-corrected chi connectivity index (χ2v) is 12.0. The van der Waals surface area contributed by atoms with Crippen LogP contribution in [-0.2, 0) is 20.9 Å². The lowest BCUT2D eigenvalue weighted by Gasteiger charge is -2.33. The second kappa shape index (κ2) is 8.26. The standard InChI is InChI=1S/C13H29O2PS2/c1-8-11(4)14-16(17,15-12(5)9-2)18-13(6,7)10-3/h11-12H,8-10H2,1-7H3. The van der Waals surface area contributed by atoms with Crippen LogP contribution in [0.15, 0.2) is 0 Å². The first-order chi connectivity index (χ1) is 8.18.